The van der Waals surface area contributed by atoms with Gasteiger partial charge in [0.1, 0.15) is 0 Å². The zero-order valence-electron chi connectivity index (χ0n) is 4.75. The summed E-state index contributed by atoms with van der Waals surface area (Å²) in [6, 6.07) is 0. The summed E-state index contributed by atoms with van der Waals surface area (Å²) in [7, 11) is 0. The SMILES string of the molecule is Nn1c(=S)[nH][nH]c(=O)c1=O. The third-order valence-electron chi connectivity index (χ3n) is 0.915. The molecule has 1 aromatic rings. The van der Waals surface area contributed by atoms with Crippen LogP contribution in [0.15, 0.2) is 9.59 Å². The third-order valence-corrected chi connectivity index (χ3v) is 1.21. The van der Waals surface area contributed by atoms with Crippen molar-refractivity contribution < 1.29 is 0 Å². The second kappa shape index (κ2) is 2.10. The average molecular weight is 160 g/mol. The number of nitrogens with one attached hydrogen (secondary N) is 2. The van der Waals surface area contributed by atoms with Gasteiger partial charge in [0.15, 0.2) is 0 Å². The van der Waals surface area contributed by atoms with Crippen molar-refractivity contribution in [2.75, 3.05) is 5.84 Å². The summed E-state index contributed by atoms with van der Waals surface area (Å²) in [5, 5.41) is 4.23. The van der Waals surface area contributed by atoms with Gasteiger partial charge in [0.05, 0.1) is 0 Å². The Labute approximate surface area is 59.3 Å². The van der Waals surface area contributed by atoms with Gasteiger partial charge in [0.25, 0.3) is 0 Å². The minimum Gasteiger partial charge on any atom is -0.334 e. The summed E-state index contributed by atoms with van der Waals surface area (Å²) in [5.74, 6) is 5.03. The molecule has 7 heteroatoms. The maximum absolute atomic E-state index is 10.6. The van der Waals surface area contributed by atoms with Gasteiger partial charge in [-0.25, -0.2) is 0 Å². The number of hydrogen-bond acceptors (Lipinski definition) is 4. The minimum absolute atomic E-state index is 0.0235. The number of H-pyrrole nitrogens is 2. The van der Waals surface area contributed by atoms with E-state index in [0.29, 0.717) is 4.68 Å². The van der Waals surface area contributed by atoms with E-state index in [1.807, 2.05) is 5.10 Å². The van der Waals surface area contributed by atoms with Crippen molar-refractivity contribution in [2.45, 2.75) is 0 Å². The molecule has 54 valence electrons. The number of rotatable bonds is 0. The van der Waals surface area contributed by atoms with Gasteiger partial charge in [-0.2, -0.15) is 4.68 Å². The Kier molecular flexibility index (Phi) is 1.42. The van der Waals surface area contributed by atoms with E-state index in [1.54, 1.807) is 0 Å². The van der Waals surface area contributed by atoms with Crippen LogP contribution in [0.4, 0.5) is 0 Å². The highest BCUT2D eigenvalue weighted by Gasteiger charge is 1.95. The molecule has 0 atom stereocenters. The summed E-state index contributed by atoms with van der Waals surface area (Å²) in [6.07, 6.45) is 0. The number of aromatic amines is 2. The van der Waals surface area contributed by atoms with Gasteiger partial charge in [-0.15, -0.1) is 0 Å². The molecule has 0 radical (unpaired) electrons. The largest absolute Gasteiger partial charge is 0.338 e. The normalized spacial score (nSPS) is 9.60. The van der Waals surface area contributed by atoms with Crippen molar-refractivity contribution in [3.8, 4) is 0 Å². The molecule has 0 spiro atoms. The Morgan fingerprint density at radius 1 is 1.40 bits per heavy atom. The topological polar surface area (TPSA) is 96.7 Å². The molecule has 0 aromatic carbocycles. The molecule has 1 rings (SSSR count). The molecular weight excluding hydrogens is 156 g/mol. The first-order chi connectivity index (χ1) is 4.63. The molecule has 4 N–H and O–H groups in total. The maximum atomic E-state index is 10.6. The van der Waals surface area contributed by atoms with E-state index >= 15 is 0 Å². The molecular formula is C3H4N4O2S. The molecule has 0 fully saturated rings. The van der Waals surface area contributed by atoms with E-state index in [1.165, 1.54) is 0 Å². The summed E-state index contributed by atoms with van der Waals surface area (Å²) >= 11 is 4.51. The van der Waals surface area contributed by atoms with Gasteiger partial charge in [-0.05, 0) is 12.2 Å². The fourth-order valence-corrected chi connectivity index (χ4v) is 0.559. The lowest BCUT2D eigenvalue weighted by atomic mass is 10.8. The predicted octanol–water partition coefficient (Wildman–Crippen LogP) is -1.69. The van der Waals surface area contributed by atoms with Gasteiger partial charge in [-0.3, -0.25) is 19.8 Å². The van der Waals surface area contributed by atoms with Crippen LogP contribution in [0.25, 0.3) is 0 Å². The maximum Gasteiger partial charge on any atom is 0.338 e. The van der Waals surface area contributed by atoms with Crippen LogP contribution in [0.1, 0.15) is 0 Å². The standard InChI is InChI=1S/C3H4N4O2S/c4-7-2(9)1(8)5-6-3(7)10/h4H2,(H,5,8)(H,6,10). The molecule has 1 aromatic heterocycles. The second-order valence-electron chi connectivity index (χ2n) is 1.56. The van der Waals surface area contributed by atoms with Gasteiger partial charge in [0.2, 0.25) is 4.77 Å². The minimum atomic E-state index is -0.872. The first-order valence-corrected chi connectivity index (χ1v) is 2.73. The number of nitrogen functional groups attached to an aromatic ring is 1. The van der Waals surface area contributed by atoms with E-state index in [0.717, 1.165) is 0 Å². The molecule has 1 heterocycles. The first-order valence-electron chi connectivity index (χ1n) is 2.32. The lowest BCUT2D eigenvalue weighted by Gasteiger charge is -1.92. The van der Waals surface area contributed by atoms with E-state index in [-0.39, 0.29) is 4.77 Å². The smallest absolute Gasteiger partial charge is 0.334 e. The molecule has 0 saturated carbocycles. The lowest BCUT2D eigenvalue weighted by molar-refractivity contribution is 0.775. The van der Waals surface area contributed by atoms with Crippen molar-refractivity contribution >= 4 is 12.2 Å². The number of nitrogens with two attached hydrogens (primary N) is 1. The highest BCUT2D eigenvalue weighted by Crippen LogP contribution is 1.64. The Hall–Kier alpha value is -1.37. The zero-order chi connectivity index (χ0) is 7.72. The molecule has 0 saturated heterocycles. The first kappa shape index (κ1) is 6.75. The molecule has 0 aliphatic carbocycles. The summed E-state index contributed by atoms with van der Waals surface area (Å²) < 4.78 is 0.540. The zero-order valence-corrected chi connectivity index (χ0v) is 5.57. The molecule has 0 unspecified atom stereocenters. The van der Waals surface area contributed by atoms with Crippen molar-refractivity contribution in [1.82, 2.24) is 14.9 Å². The highest BCUT2D eigenvalue weighted by molar-refractivity contribution is 7.71. The van der Waals surface area contributed by atoms with Crippen LogP contribution in [0.5, 0.6) is 0 Å². The van der Waals surface area contributed by atoms with Gasteiger partial charge in [-0.1, -0.05) is 0 Å². The predicted molar refractivity (Wildman–Crippen MR) is 36.7 cm³/mol. The summed E-state index contributed by atoms with van der Waals surface area (Å²) in [4.78, 5) is 21.0. The Balaban J connectivity index is 3.84. The van der Waals surface area contributed by atoms with Crippen LogP contribution in [0, 0.1) is 4.77 Å². The number of hydrogen-bond donors (Lipinski definition) is 3. The Bertz CT molecular complexity index is 398. The van der Waals surface area contributed by atoms with E-state index in [4.69, 9.17) is 5.84 Å². The van der Waals surface area contributed by atoms with Crippen molar-refractivity contribution in [3.05, 3.63) is 25.5 Å². The van der Waals surface area contributed by atoms with Crippen LogP contribution >= 0.6 is 12.2 Å². The molecule has 0 bridgehead atoms. The second-order valence-corrected chi connectivity index (χ2v) is 1.95. The quantitative estimate of drug-likeness (QED) is 0.239. The number of nitrogens with zero attached hydrogens (tertiary/aromatic N) is 1. The number of aromatic nitrogens is 3. The fourth-order valence-electron chi connectivity index (χ4n) is 0.426. The highest BCUT2D eigenvalue weighted by atomic mass is 32.1. The monoisotopic (exact) mass is 160 g/mol. The van der Waals surface area contributed by atoms with Crippen LogP contribution in [-0.4, -0.2) is 14.9 Å². The van der Waals surface area contributed by atoms with Gasteiger partial charge < -0.3 is 5.84 Å². The van der Waals surface area contributed by atoms with Gasteiger partial charge in [0, 0.05) is 0 Å². The Morgan fingerprint density at radius 2 is 2.00 bits per heavy atom. The third kappa shape index (κ3) is 0.860. The van der Waals surface area contributed by atoms with E-state index in [9.17, 15) is 9.59 Å². The van der Waals surface area contributed by atoms with Crippen LogP contribution in [0.3, 0.4) is 0 Å². The van der Waals surface area contributed by atoms with Crippen molar-refractivity contribution in [1.29, 1.82) is 0 Å². The summed E-state index contributed by atoms with van der Waals surface area (Å²) in [5.41, 5.74) is -1.69. The molecule has 10 heavy (non-hydrogen) atoms. The van der Waals surface area contributed by atoms with Gasteiger partial charge >= 0.3 is 11.1 Å². The van der Waals surface area contributed by atoms with Crippen LogP contribution in [0.2, 0.25) is 0 Å². The molecule has 0 aliphatic heterocycles. The van der Waals surface area contributed by atoms with Crippen molar-refractivity contribution in [2.24, 2.45) is 0 Å². The molecule has 0 amide bonds. The molecule has 0 aliphatic rings. The average Bonchev–Trinajstić information content (AvgIpc) is 1.93. The fraction of sp³-hybridized carbons (Fsp3) is 0. The summed E-state index contributed by atoms with van der Waals surface area (Å²) in [6.45, 7) is 0. The lowest BCUT2D eigenvalue weighted by Crippen LogP contribution is -2.41. The molecule has 6 nitrogen and oxygen atoms in total. The van der Waals surface area contributed by atoms with Crippen LogP contribution < -0.4 is 17.0 Å². The van der Waals surface area contributed by atoms with Crippen molar-refractivity contribution in [3.63, 3.8) is 0 Å². The Morgan fingerprint density at radius 3 is 2.50 bits per heavy atom. The van der Waals surface area contributed by atoms with E-state index in [2.05, 4.69) is 17.3 Å². The van der Waals surface area contributed by atoms with E-state index < -0.39 is 11.1 Å². The van der Waals surface area contributed by atoms with Crippen LogP contribution in [-0.2, 0) is 0 Å².